The van der Waals surface area contributed by atoms with Gasteiger partial charge in [-0.1, -0.05) is 32.8 Å². The maximum Gasteiger partial charge on any atom is 0.119 e. The highest BCUT2D eigenvalue weighted by Gasteiger charge is 2.22. The van der Waals surface area contributed by atoms with Crippen molar-refractivity contribution in [3.63, 3.8) is 0 Å². The van der Waals surface area contributed by atoms with Gasteiger partial charge in [0.2, 0.25) is 0 Å². The van der Waals surface area contributed by atoms with Gasteiger partial charge in [0.1, 0.15) is 6.29 Å². The number of carbonyl (C=O) groups excluding carboxylic acids is 1. The Morgan fingerprint density at radius 3 is 2.56 bits per heavy atom. The quantitative estimate of drug-likeness (QED) is 0.740. The Balaban J connectivity index is 0.000000280. The summed E-state index contributed by atoms with van der Waals surface area (Å²) in [5, 5.41) is 0. The molecule has 1 atom stereocenters. The summed E-state index contributed by atoms with van der Waals surface area (Å²) in [6, 6.07) is 6.24. The molecule has 2 rings (SSSR count). The number of hydrogen-bond acceptors (Lipinski definition) is 2. The molecule has 0 N–H and O–H groups in total. The summed E-state index contributed by atoms with van der Waals surface area (Å²) in [6.07, 6.45) is 10.2. The minimum absolute atomic E-state index is 0.656. The van der Waals surface area contributed by atoms with Crippen molar-refractivity contribution in [2.24, 2.45) is 5.92 Å². The summed E-state index contributed by atoms with van der Waals surface area (Å²) < 4.78 is 0. The van der Waals surface area contributed by atoms with E-state index in [4.69, 9.17) is 0 Å². The highest BCUT2D eigenvalue weighted by molar-refractivity contribution is 5.48. The molecule has 1 heterocycles. The predicted molar refractivity (Wildman–Crippen MR) is 75.6 cm³/mol. The van der Waals surface area contributed by atoms with E-state index >= 15 is 0 Å². The van der Waals surface area contributed by atoms with Crippen LogP contribution in [0.2, 0.25) is 0 Å². The van der Waals surface area contributed by atoms with Crippen LogP contribution in [0.3, 0.4) is 0 Å². The van der Waals surface area contributed by atoms with Crippen molar-refractivity contribution < 1.29 is 4.79 Å². The van der Waals surface area contributed by atoms with Gasteiger partial charge >= 0.3 is 0 Å². The van der Waals surface area contributed by atoms with E-state index in [1.165, 1.54) is 31.4 Å². The molecular formula is C16H25NO. The van der Waals surface area contributed by atoms with Crippen molar-refractivity contribution >= 4 is 6.29 Å². The molecule has 0 aromatic carbocycles. The van der Waals surface area contributed by atoms with E-state index in [1.807, 2.05) is 19.2 Å². The average molecular weight is 247 g/mol. The van der Waals surface area contributed by atoms with Crippen LogP contribution in [0.15, 0.2) is 24.4 Å². The van der Waals surface area contributed by atoms with Crippen LogP contribution in [0.4, 0.5) is 0 Å². The fourth-order valence-electron chi connectivity index (χ4n) is 2.46. The molecule has 1 aromatic rings. The van der Waals surface area contributed by atoms with Crippen LogP contribution >= 0.6 is 0 Å². The van der Waals surface area contributed by atoms with E-state index in [0.29, 0.717) is 12.3 Å². The molecule has 2 nitrogen and oxygen atoms in total. The van der Waals surface area contributed by atoms with Gasteiger partial charge in [-0.2, -0.15) is 0 Å². The summed E-state index contributed by atoms with van der Waals surface area (Å²) in [7, 11) is 0. The summed E-state index contributed by atoms with van der Waals surface area (Å²) >= 11 is 0. The van der Waals surface area contributed by atoms with E-state index in [1.54, 1.807) is 0 Å². The van der Waals surface area contributed by atoms with Crippen molar-refractivity contribution in [3.05, 3.63) is 30.1 Å². The van der Waals surface area contributed by atoms with Crippen LogP contribution in [0.1, 0.15) is 64.0 Å². The summed E-state index contributed by atoms with van der Waals surface area (Å²) in [5.74, 6) is 1.54. The molecule has 2 heteroatoms. The molecule has 1 aliphatic rings. The van der Waals surface area contributed by atoms with Crippen LogP contribution in [0.5, 0.6) is 0 Å². The standard InChI is InChI=1S/C12H17N.C4H8O/c1-10(11-6-2-3-7-11)12-8-4-5-9-13-12;1-2-3-4-5/h4-5,8-11H,2-3,6-7H2,1H3;4H,2-3H2,1H3. The summed E-state index contributed by atoms with van der Waals surface area (Å²) in [5.41, 5.74) is 1.27. The maximum absolute atomic E-state index is 9.40. The first-order chi connectivity index (χ1) is 8.79. The Morgan fingerprint density at radius 2 is 2.11 bits per heavy atom. The minimum Gasteiger partial charge on any atom is -0.303 e. The predicted octanol–water partition coefficient (Wildman–Crippen LogP) is 4.36. The molecule has 1 unspecified atom stereocenters. The van der Waals surface area contributed by atoms with Gasteiger partial charge in [-0.25, -0.2) is 0 Å². The Hall–Kier alpha value is -1.18. The van der Waals surface area contributed by atoms with Gasteiger partial charge in [-0.05, 0) is 37.3 Å². The number of unbranched alkanes of at least 4 members (excludes halogenated alkanes) is 1. The van der Waals surface area contributed by atoms with E-state index in [0.717, 1.165) is 18.6 Å². The largest absolute Gasteiger partial charge is 0.303 e. The third-order valence-electron chi connectivity index (χ3n) is 3.67. The maximum atomic E-state index is 9.40. The van der Waals surface area contributed by atoms with Crippen molar-refractivity contribution in [1.82, 2.24) is 4.98 Å². The zero-order valence-corrected chi connectivity index (χ0v) is 11.6. The van der Waals surface area contributed by atoms with Crippen LogP contribution in [-0.2, 0) is 4.79 Å². The second-order valence-electron chi connectivity index (χ2n) is 5.04. The van der Waals surface area contributed by atoms with Gasteiger partial charge in [0.25, 0.3) is 0 Å². The van der Waals surface area contributed by atoms with Crippen molar-refractivity contribution in [1.29, 1.82) is 0 Å². The molecule has 100 valence electrons. The molecule has 0 spiro atoms. The number of aromatic nitrogens is 1. The SMILES string of the molecule is CC(c1ccccn1)C1CCCC1.CCCC=O. The monoisotopic (exact) mass is 247 g/mol. The highest BCUT2D eigenvalue weighted by atomic mass is 16.1. The smallest absolute Gasteiger partial charge is 0.119 e. The molecule has 0 amide bonds. The van der Waals surface area contributed by atoms with E-state index < -0.39 is 0 Å². The Kier molecular flexibility index (Phi) is 7.31. The Morgan fingerprint density at radius 1 is 1.39 bits per heavy atom. The molecule has 0 radical (unpaired) electrons. The first-order valence-corrected chi connectivity index (χ1v) is 7.14. The molecule has 1 aliphatic carbocycles. The van der Waals surface area contributed by atoms with Crippen molar-refractivity contribution in [2.75, 3.05) is 0 Å². The fourth-order valence-corrected chi connectivity index (χ4v) is 2.46. The van der Waals surface area contributed by atoms with Crippen LogP contribution in [0.25, 0.3) is 0 Å². The van der Waals surface area contributed by atoms with E-state index in [9.17, 15) is 4.79 Å². The van der Waals surface area contributed by atoms with Gasteiger partial charge in [-0.3, -0.25) is 4.98 Å². The normalized spacial score (nSPS) is 16.8. The lowest BCUT2D eigenvalue weighted by atomic mass is 9.89. The number of hydrogen-bond donors (Lipinski definition) is 0. The topological polar surface area (TPSA) is 30.0 Å². The number of pyridine rings is 1. The number of rotatable bonds is 4. The summed E-state index contributed by atoms with van der Waals surface area (Å²) in [6.45, 7) is 4.30. The molecule has 1 saturated carbocycles. The number of nitrogens with zero attached hydrogens (tertiary/aromatic N) is 1. The van der Waals surface area contributed by atoms with Gasteiger partial charge in [0, 0.05) is 24.2 Å². The lowest BCUT2D eigenvalue weighted by Crippen LogP contribution is -2.07. The minimum atomic E-state index is 0.656. The molecule has 18 heavy (non-hydrogen) atoms. The third kappa shape index (κ3) is 4.99. The molecule has 0 aliphatic heterocycles. The zero-order valence-electron chi connectivity index (χ0n) is 11.6. The van der Waals surface area contributed by atoms with Crippen molar-refractivity contribution in [3.8, 4) is 0 Å². The van der Waals surface area contributed by atoms with Gasteiger partial charge in [-0.15, -0.1) is 0 Å². The summed E-state index contributed by atoms with van der Waals surface area (Å²) in [4.78, 5) is 13.8. The first-order valence-electron chi connectivity index (χ1n) is 7.14. The van der Waals surface area contributed by atoms with Crippen LogP contribution in [0, 0.1) is 5.92 Å². The lowest BCUT2D eigenvalue weighted by molar-refractivity contribution is -0.107. The van der Waals surface area contributed by atoms with E-state index in [-0.39, 0.29) is 0 Å². The first kappa shape index (κ1) is 14.9. The van der Waals surface area contributed by atoms with Gasteiger partial charge < -0.3 is 4.79 Å². The van der Waals surface area contributed by atoms with Gasteiger partial charge in [0.15, 0.2) is 0 Å². The second-order valence-corrected chi connectivity index (χ2v) is 5.04. The van der Waals surface area contributed by atoms with Crippen LogP contribution in [-0.4, -0.2) is 11.3 Å². The fraction of sp³-hybridized carbons (Fsp3) is 0.625. The lowest BCUT2D eigenvalue weighted by Gasteiger charge is -2.17. The van der Waals surface area contributed by atoms with Crippen molar-refractivity contribution in [2.45, 2.75) is 58.3 Å². The zero-order chi connectivity index (χ0) is 13.2. The second kappa shape index (κ2) is 8.84. The molecule has 1 aromatic heterocycles. The highest BCUT2D eigenvalue weighted by Crippen LogP contribution is 2.35. The molecular weight excluding hydrogens is 222 g/mol. The molecule has 1 fully saturated rings. The third-order valence-corrected chi connectivity index (χ3v) is 3.67. The van der Waals surface area contributed by atoms with E-state index in [2.05, 4.69) is 24.0 Å². The van der Waals surface area contributed by atoms with Crippen LogP contribution < -0.4 is 0 Å². The Labute approximate surface area is 111 Å². The Bertz CT molecular complexity index is 317. The van der Waals surface area contributed by atoms with Gasteiger partial charge in [0.05, 0.1) is 0 Å². The average Bonchev–Trinajstić information content (AvgIpc) is 2.94. The number of carbonyl (C=O) groups is 1. The molecule has 0 bridgehead atoms. The molecule has 0 saturated heterocycles. The number of aldehydes is 1.